The Labute approximate surface area is 145 Å². The molecule has 0 fully saturated rings. The minimum absolute atomic E-state index is 0.0839. The van der Waals surface area contributed by atoms with E-state index in [1.54, 1.807) is 19.2 Å². The number of halogens is 1. The number of hydrogen-bond acceptors (Lipinski definition) is 3. The minimum Gasteiger partial charge on any atom is -0.497 e. The molecule has 1 heterocycles. The first kappa shape index (κ1) is 16.3. The van der Waals surface area contributed by atoms with Crippen LogP contribution in [0.3, 0.4) is 0 Å². The van der Waals surface area contributed by atoms with Gasteiger partial charge in [-0.3, -0.25) is 9.59 Å². The Morgan fingerprint density at radius 2 is 2.00 bits per heavy atom. The quantitative estimate of drug-likeness (QED) is 0.890. The zero-order valence-corrected chi connectivity index (χ0v) is 14.1. The van der Waals surface area contributed by atoms with Gasteiger partial charge in [-0.15, -0.1) is 0 Å². The number of anilines is 2. The van der Waals surface area contributed by atoms with Crippen molar-refractivity contribution in [2.45, 2.75) is 19.3 Å². The molecule has 0 bridgehead atoms. The molecular formula is C18H17ClN2O3. The first-order valence-corrected chi connectivity index (χ1v) is 7.90. The number of amides is 2. The van der Waals surface area contributed by atoms with E-state index in [0.29, 0.717) is 28.6 Å². The van der Waals surface area contributed by atoms with Crippen LogP contribution in [0.25, 0.3) is 0 Å². The van der Waals surface area contributed by atoms with Gasteiger partial charge in [0.15, 0.2) is 0 Å². The van der Waals surface area contributed by atoms with Crippen molar-refractivity contribution in [1.82, 2.24) is 0 Å². The Morgan fingerprint density at radius 1 is 1.25 bits per heavy atom. The van der Waals surface area contributed by atoms with Gasteiger partial charge < -0.3 is 15.4 Å². The fourth-order valence-corrected chi connectivity index (χ4v) is 3.24. The maximum Gasteiger partial charge on any atom is 0.225 e. The van der Waals surface area contributed by atoms with Crippen LogP contribution in [-0.4, -0.2) is 18.9 Å². The van der Waals surface area contributed by atoms with Gasteiger partial charge in [-0.1, -0.05) is 23.7 Å². The van der Waals surface area contributed by atoms with Crippen LogP contribution in [0, 0.1) is 0 Å². The standard InChI is InChI=1S/C18H17ClN2O3/c1-10(22)20-11-3-5-14-15(9-18(23)21-17(14)7-11)13-6-4-12(24-2)8-16(13)19/h3-8,15H,9H2,1-2H3,(H,20,22)(H,21,23). The summed E-state index contributed by atoms with van der Waals surface area (Å²) in [6.07, 6.45) is 0.318. The third kappa shape index (κ3) is 3.21. The maximum absolute atomic E-state index is 12.1. The van der Waals surface area contributed by atoms with E-state index in [9.17, 15) is 9.59 Å². The molecular weight excluding hydrogens is 328 g/mol. The summed E-state index contributed by atoms with van der Waals surface area (Å²) in [5.74, 6) is 0.287. The van der Waals surface area contributed by atoms with Crippen LogP contribution < -0.4 is 15.4 Å². The van der Waals surface area contributed by atoms with E-state index in [4.69, 9.17) is 16.3 Å². The summed E-state index contributed by atoms with van der Waals surface area (Å²) in [6.45, 7) is 1.44. The predicted octanol–water partition coefficient (Wildman–Crippen LogP) is 3.78. The molecule has 5 nitrogen and oxygen atoms in total. The summed E-state index contributed by atoms with van der Waals surface area (Å²) in [4.78, 5) is 23.3. The molecule has 0 spiro atoms. The Bertz CT molecular complexity index is 820. The molecule has 3 rings (SSSR count). The molecule has 2 amide bonds. The van der Waals surface area contributed by atoms with Crippen LogP contribution in [0.4, 0.5) is 11.4 Å². The number of carbonyl (C=O) groups is 2. The zero-order valence-electron chi connectivity index (χ0n) is 13.4. The first-order chi connectivity index (χ1) is 11.5. The second-order valence-corrected chi connectivity index (χ2v) is 6.08. The molecule has 0 radical (unpaired) electrons. The van der Waals surface area contributed by atoms with Gasteiger partial charge in [-0.2, -0.15) is 0 Å². The molecule has 0 saturated heterocycles. The van der Waals surface area contributed by atoms with Crippen molar-refractivity contribution in [2.24, 2.45) is 0 Å². The molecule has 1 aliphatic rings. The summed E-state index contributed by atoms with van der Waals surface area (Å²) >= 11 is 6.39. The second-order valence-electron chi connectivity index (χ2n) is 5.68. The van der Waals surface area contributed by atoms with Gasteiger partial charge in [0.25, 0.3) is 0 Å². The molecule has 2 N–H and O–H groups in total. The fraction of sp³-hybridized carbons (Fsp3) is 0.222. The molecule has 0 aliphatic carbocycles. The highest BCUT2D eigenvalue weighted by atomic mass is 35.5. The third-order valence-corrected chi connectivity index (χ3v) is 4.32. The Kier molecular flexibility index (Phi) is 4.44. The van der Waals surface area contributed by atoms with Crippen molar-refractivity contribution in [1.29, 1.82) is 0 Å². The van der Waals surface area contributed by atoms with E-state index in [1.165, 1.54) is 6.92 Å². The van der Waals surface area contributed by atoms with E-state index in [2.05, 4.69) is 10.6 Å². The Balaban J connectivity index is 2.02. The lowest BCUT2D eigenvalue weighted by Gasteiger charge is -2.27. The molecule has 1 atom stereocenters. The van der Waals surface area contributed by atoms with E-state index in [0.717, 1.165) is 11.1 Å². The average Bonchev–Trinajstić information content (AvgIpc) is 2.53. The van der Waals surface area contributed by atoms with Crippen molar-refractivity contribution in [3.63, 3.8) is 0 Å². The fourth-order valence-electron chi connectivity index (χ4n) is 2.94. The summed E-state index contributed by atoms with van der Waals surface area (Å²) in [5, 5.41) is 6.14. The molecule has 24 heavy (non-hydrogen) atoms. The lowest BCUT2D eigenvalue weighted by Crippen LogP contribution is -2.24. The maximum atomic E-state index is 12.1. The van der Waals surface area contributed by atoms with Gasteiger partial charge in [0.05, 0.1) is 7.11 Å². The molecule has 124 valence electrons. The smallest absolute Gasteiger partial charge is 0.225 e. The van der Waals surface area contributed by atoms with Gasteiger partial charge in [0.1, 0.15) is 5.75 Å². The summed E-state index contributed by atoms with van der Waals surface area (Å²) < 4.78 is 5.18. The minimum atomic E-state index is -0.160. The average molecular weight is 345 g/mol. The highest BCUT2D eigenvalue weighted by molar-refractivity contribution is 6.31. The topological polar surface area (TPSA) is 67.4 Å². The Hall–Kier alpha value is -2.53. The van der Waals surface area contributed by atoms with Crippen LogP contribution in [0.5, 0.6) is 5.75 Å². The zero-order chi connectivity index (χ0) is 17.3. The molecule has 1 unspecified atom stereocenters. The third-order valence-electron chi connectivity index (χ3n) is 4.00. The monoisotopic (exact) mass is 344 g/mol. The summed E-state index contributed by atoms with van der Waals surface area (Å²) in [7, 11) is 1.58. The number of ether oxygens (including phenoxy) is 1. The van der Waals surface area contributed by atoms with Gasteiger partial charge in [0.2, 0.25) is 11.8 Å². The van der Waals surface area contributed by atoms with Crippen LogP contribution in [0.15, 0.2) is 36.4 Å². The van der Waals surface area contributed by atoms with Gasteiger partial charge in [0, 0.05) is 35.7 Å². The normalized spacial score (nSPS) is 16.1. The summed E-state index contributed by atoms with van der Waals surface area (Å²) in [5.41, 5.74) is 3.18. The number of carbonyl (C=O) groups excluding carboxylic acids is 2. The SMILES string of the molecule is COc1ccc(C2CC(=O)Nc3cc(NC(C)=O)ccc32)c(Cl)c1. The highest BCUT2D eigenvalue weighted by Crippen LogP contribution is 2.41. The van der Waals surface area contributed by atoms with Crippen molar-refractivity contribution < 1.29 is 14.3 Å². The van der Waals surface area contributed by atoms with Crippen molar-refractivity contribution >= 4 is 34.8 Å². The number of hydrogen-bond donors (Lipinski definition) is 2. The number of fused-ring (bicyclic) bond motifs is 1. The molecule has 2 aromatic carbocycles. The molecule has 0 saturated carbocycles. The van der Waals surface area contributed by atoms with E-state index in [1.807, 2.05) is 24.3 Å². The second kappa shape index (κ2) is 6.53. The van der Waals surface area contributed by atoms with Crippen LogP contribution in [0.1, 0.15) is 30.4 Å². The molecule has 6 heteroatoms. The van der Waals surface area contributed by atoms with Crippen molar-refractivity contribution in [3.8, 4) is 5.75 Å². The number of methoxy groups -OCH3 is 1. The van der Waals surface area contributed by atoms with E-state index >= 15 is 0 Å². The number of rotatable bonds is 3. The van der Waals surface area contributed by atoms with Crippen molar-refractivity contribution in [3.05, 3.63) is 52.5 Å². The lowest BCUT2D eigenvalue weighted by molar-refractivity contribution is -0.116. The lowest BCUT2D eigenvalue weighted by atomic mass is 9.84. The predicted molar refractivity (Wildman–Crippen MR) is 93.8 cm³/mol. The van der Waals surface area contributed by atoms with Crippen LogP contribution in [0.2, 0.25) is 5.02 Å². The van der Waals surface area contributed by atoms with Gasteiger partial charge >= 0.3 is 0 Å². The van der Waals surface area contributed by atoms with Gasteiger partial charge in [-0.05, 0) is 35.4 Å². The highest BCUT2D eigenvalue weighted by Gasteiger charge is 2.28. The first-order valence-electron chi connectivity index (χ1n) is 7.52. The van der Waals surface area contributed by atoms with Crippen LogP contribution >= 0.6 is 11.6 Å². The van der Waals surface area contributed by atoms with Crippen LogP contribution in [-0.2, 0) is 9.59 Å². The molecule has 1 aliphatic heterocycles. The number of nitrogens with one attached hydrogen (secondary N) is 2. The van der Waals surface area contributed by atoms with Gasteiger partial charge in [-0.25, -0.2) is 0 Å². The van der Waals surface area contributed by atoms with E-state index in [-0.39, 0.29) is 17.7 Å². The molecule has 2 aromatic rings. The number of benzene rings is 2. The largest absolute Gasteiger partial charge is 0.497 e. The summed E-state index contributed by atoms with van der Waals surface area (Å²) in [6, 6.07) is 11.0. The Morgan fingerprint density at radius 3 is 2.67 bits per heavy atom. The van der Waals surface area contributed by atoms with Crippen molar-refractivity contribution in [2.75, 3.05) is 17.7 Å². The molecule has 0 aromatic heterocycles. The van der Waals surface area contributed by atoms with E-state index < -0.39 is 0 Å².